The van der Waals surface area contributed by atoms with Crippen LogP contribution in [0.15, 0.2) is 182 Å². The Balaban J connectivity index is 0.000000195. The summed E-state index contributed by atoms with van der Waals surface area (Å²) < 4.78 is 0. The smallest absolute Gasteiger partial charge is 0.0920 e. The second kappa shape index (κ2) is 16.0. The molecule has 2 radical (unpaired) electrons. The van der Waals surface area contributed by atoms with E-state index in [9.17, 15) is 0 Å². The van der Waals surface area contributed by atoms with Crippen LogP contribution in [0.25, 0.3) is 66.4 Å². The fourth-order valence-electron chi connectivity index (χ4n) is 6.52. The van der Waals surface area contributed by atoms with Crippen LogP contribution in [0.3, 0.4) is 0 Å². The maximum absolute atomic E-state index is 4.93. The Morgan fingerprint density at radius 1 is 0.490 bits per heavy atom. The molecule has 0 spiro atoms. The van der Waals surface area contributed by atoms with Gasteiger partial charge in [-0.3, -0.25) is 0 Å². The van der Waals surface area contributed by atoms with Gasteiger partial charge in [0.25, 0.3) is 0 Å². The van der Waals surface area contributed by atoms with Gasteiger partial charge in [0.15, 0.2) is 0 Å². The molecular formula is C45H30Cl2SiZr. The number of rotatable bonds is 4. The summed E-state index contributed by atoms with van der Waals surface area (Å²) in [6, 6.07) is 68.2. The van der Waals surface area contributed by atoms with Crippen molar-refractivity contribution in [2.75, 3.05) is 0 Å². The third-order valence-electron chi connectivity index (χ3n) is 8.70. The van der Waals surface area contributed by atoms with Gasteiger partial charge in [0, 0.05) is 0 Å². The van der Waals surface area contributed by atoms with Gasteiger partial charge in [0.1, 0.15) is 0 Å². The van der Waals surface area contributed by atoms with Gasteiger partial charge in [-0.2, -0.15) is 29.5 Å². The van der Waals surface area contributed by atoms with Gasteiger partial charge in [-0.1, -0.05) is 162 Å². The number of hydrogen-bond donors (Lipinski definition) is 0. The van der Waals surface area contributed by atoms with Crippen molar-refractivity contribution in [1.29, 1.82) is 0 Å². The van der Waals surface area contributed by atoms with Crippen LogP contribution in [0.1, 0.15) is 0 Å². The fourth-order valence-corrected chi connectivity index (χ4v) is 7.83. The SMILES string of the molecule is [Cl][Zr+2][Cl].[c-]1cccc2c1[Si]c1ccccc1-2.c1ccc(-c2cc3c(-c4ccccc4-c4ccccc4)c(-c4ccccc4)ccc3[cH-]2)cc1. The Morgan fingerprint density at radius 2 is 1.02 bits per heavy atom. The van der Waals surface area contributed by atoms with Crippen molar-refractivity contribution in [2.45, 2.75) is 0 Å². The Labute approximate surface area is 309 Å². The minimum atomic E-state index is -0.826. The zero-order chi connectivity index (χ0) is 33.4. The summed E-state index contributed by atoms with van der Waals surface area (Å²) in [6.07, 6.45) is 0. The van der Waals surface area contributed by atoms with Crippen LogP contribution < -0.4 is 10.4 Å². The van der Waals surface area contributed by atoms with E-state index in [1.807, 2.05) is 6.07 Å². The van der Waals surface area contributed by atoms with Gasteiger partial charge in [0.05, 0.1) is 9.52 Å². The normalized spacial score (nSPS) is 10.9. The molecule has 49 heavy (non-hydrogen) atoms. The molecule has 0 aliphatic carbocycles. The summed E-state index contributed by atoms with van der Waals surface area (Å²) in [6.45, 7) is 0. The van der Waals surface area contributed by atoms with Gasteiger partial charge < -0.3 is 0 Å². The second-order valence-corrected chi connectivity index (χ2v) is 16.6. The topological polar surface area (TPSA) is 0 Å². The molecule has 0 nitrogen and oxygen atoms in total. The van der Waals surface area contributed by atoms with Crippen molar-refractivity contribution in [3.63, 3.8) is 0 Å². The number of fused-ring (bicyclic) bond motifs is 4. The summed E-state index contributed by atoms with van der Waals surface area (Å²) in [7, 11) is 10.7. The maximum atomic E-state index is 4.93. The van der Waals surface area contributed by atoms with E-state index >= 15 is 0 Å². The van der Waals surface area contributed by atoms with Crippen LogP contribution in [0, 0.1) is 6.07 Å². The van der Waals surface area contributed by atoms with Crippen LogP contribution >= 0.6 is 17.0 Å². The van der Waals surface area contributed by atoms with E-state index in [2.05, 4.69) is 182 Å². The van der Waals surface area contributed by atoms with Gasteiger partial charge in [-0.05, 0) is 33.4 Å². The van der Waals surface area contributed by atoms with E-state index < -0.39 is 20.8 Å². The van der Waals surface area contributed by atoms with Crippen molar-refractivity contribution in [2.24, 2.45) is 0 Å². The molecule has 0 atom stereocenters. The molecule has 0 saturated carbocycles. The minimum Gasteiger partial charge on any atom is -0.184 e. The van der Waals surface area contributed by atoms with E-state index in [1.165, 1.54) is 76.8 Å². The van der Waals surface area contributed by atoms with E-state index in [1.54, 1.807) is 0 Å². The van der Waals surface area contributed by atoms with Gasteiger partial charge in [0.2, 0.25) is 0 Å². The molecule has 1 heterocycles. The molecule has 0 aromatic heterocycles. The van der Waals surface area contributed by atoms with E-state index in [-0.39, 0.29) is 0 Å². The maximum Gasteiger partial charge on any atom is 0.0920 e. The Morgan fingerprint density at radius 3 is 1.69 bits per heavy atom. The van der Waals surface area contributed by atoms with E-state index in [0.717, 1.165) is 9.52 Å². The Hall–Kier alpha value is -4.17. The summed E-state index contributed by atoms with van der Waals surface area (Å²) in [4.78, 5) is 0. The summed E-state index contributed by atoms with van der Waals surface area (Å²) in [5, 5.41) is 5.38. The molecular weight excluding hydrogens is 731 g/mol. The fraction of sp³-hybridized carbons (Fsp3) is 0. The molecule has 0 N–H and O–H groups in total. The predicted octanol–water partition coefficient (Wildman–Crippen LogP) is 11.7. The van der Waals surface area contributed by atoms with Crippen molar-refractivity contribution in [1.82, 2.24) is 0 Å². The first kappa shape index (κ1) is 33.3. The zero-order valence-electron chi connectivity index (χ0n) is 26.6. The molecule has 1 aliphatic rings. The Bertz CT molecular complexity index is 2250. The quantitative estimate of drug-likeness (QED) is 0.124. The minimum absolute atomic E-state index is 0.795. The molecule has 8 aromatic rings. The van der Waals surface area contributed by atoms with Crippen LogP contribution in [0.5, 0.6) is 0 Å². The first-order valence-corrected chi connectivity index (χ1v) is 23.4. The van der Waals surface area contributed by atoms with Crippen LogP contribution in [-0.2, 0) is 20.8 Å². The number of benzene rings is 7. The summed E-state index contributed by atoms with van der Waals surface area (Å²) >= 11 is -0.826. The molecule has 8 aromatic carbocycles. The third-order valence-corrected chi connectivity index (χ3v) is 10.1. The van der Waals surface area contributed by atoms with Gasteiger partial charge in [-0.25, -0.2) is 0 Å². The zero-order valence-corrected chi connectivity index (χ0v) is 31.5. The molecule has 0 bridgehead atoms. The second-order valence-electron chi connectivity index (χ2n) is 11.6. The van der Waals surface area contributed by atoms with Crippen molar-refractivity contribution in [3.05, 3.63) is 188 Å². The number of hydrogen-bond acceptors (Lipinski definition) is 0. The third kappa shape index (κ3) is 7.40. The predicted molar refractivity (Wildman–Crippen MR) is 209 cm³/mol. The molecule has 9 rings (SSSR count). The first-order valence-electron chi connectivity index (χ1n) is 16.1. The molecule has 232 valence electrons. The summed E-state index contributed by atoms with van der Waals surface area (Å²) in [5.41, 5.74) is 12.8. The molecule has 1 aliphatic heterocycles. The van der Waals surface area contributed by atoms with Crippen LogP contribution in [0.2, 0.25) is 0 Å². The molecule has 0 fully saturated rings. The molecule has 4 heteroatoms. The molecule has 0 unspecified atom stereocenters. The van der Waals surface area contributed by atoms with Crippen LogP contribution in [0.4, 0.5) is 0 Å². The average Bonchev–Trinajstić information content (AvgIpc) is 3.78. The van der Waals surface area contributed by atoms with Crippen molar-refractivity contribution < 1.29 is 20.8 Å². The molecule has 0 saturated heterocycles. The Kier molecular flexibility index (Phi) is 10.9. The van der Waals surface area contributed by atoms with E-state index in [0.29, 0.717) is 0 Å². The van der Waals surface area contributed by atoms with Crippen molar-refractivity contribution in [3.8, 4) is 55.6 Å². The van der Waals surface area contributed by atoms with E-state index in [4.69, 9.17) is 17.0 Å². The largest absolute Gasteiger partial charge is 0.184 e. The summed E-state index contributed by atoms with van der Waals surface area (Å²) in [5.74, 6) is 0. The standard InChI is InChI=1S/C33H23.C12H7Si.2ClH.Zr/c1-4-12-24(13-5-1)28-22-27-20-21-30(26-16-8-3-9-17-26)33(32(27)23-28)31-19-11-10-18-29(31)25-14-6-2-7-15-25;1-3-7-11-9(5-1)10-6-2-4-8-12(10)13-11;;;/h1-23H;1-7H;2*1H;/q2*-1;;;+4/p-2. The molecule has 0 amide bonds. The van der Waals surface area contributed by atoms with Crippen molar-refractivity contribution >= 4 is 47.7 Å². The average molecular weight is 761 g/mol. The van der Waals surface area contributed by atoms with Gasteiger partial charge in [-0.15, -0.1) is 40.1 Å². The first-order chi connectivity index (χ1) is 24.2. The van der Waals surface area contributed by atoms with Crippen LogP contribution in [-0.4, -0.2) is 9.52 Å². The van der Waals surface area contributed by atoms with Gasteiger partial charge >= 0.3 is 37.9 Å². The number of halogens is 2. The monoisotopic (exact) mass is 758 g/mol.